The Labute approximate surface area is 389 Å². The van der Waals surface area contributed by atoms with Crippen molar-refractivity contribution in [1.82, 2.24) is 39.2 Å². The van der Waals surface area contributed by atoms with E-state index in [9.17, 15) is 10.2 Å². The summed E-state index contributed by atoms with van der Waals surface area (Å²) in [5, 5.41) is 31.2. The van der Waals surface area contributed by atoms with Crippen molar-refractivity contribution in [2.75, 3.05) is 0 Å². The van der Waals surface area contributed by atoms with Crippen LogP contribution in [0.1, 0.15) is 56.2 Å². The van der Waals surface area contributed by atoms with Gasteiger partial charge < -0.3 is 21.7 Å². The van der Waals surface area contributed by atoms with E-state index < -0.39 is 22.3 Å². The third kappa shape index (κ3) is 7.33. The van der Waals surface area contributed by atoms with E-state index in [1.165, 1.54) is 0 Å². The lowest BCUT2D eigenvalue weighted by atomic mass is 9.63. The van der Waals surface area contributed by atoms with Gasteiger partial charge in [0.1, 0.15) is 0 Å². The topological polar surface area (TPSA) is 179 Å². The SMILES string of the molecule is CC1(O)CC(N)(c2ccc(-c3nc4c(cnc5c(Br)cnn54)cc3-c3ccccc3)cc2)C1.Cc1cnn2c1ncc1cc(-c3ccccc3)c(-c3ccc(C4(N)CC(C)(O)C4)cc3)nc12. The van der Waals surface area contributed by atoms with Crippen molar-refractivity contribution in [2.24, 2.45) is 11.5 Å². The molecule has 2 fully saturated rings. The zero-order valence-corrected chi connectivity index (χ0v) is 38.3. The van der Waals surface area contributed by atoms with Crippen LogP contribution in [0.5, 0.6) is 0 Å². The van der Waals surface area contributed by atoms with Crippen molar-refractivity contribution in [3.63, 3.8) is 0 Å². The Kier molecular flexibility index (Phi) is 9.80. The predicted octanol–water partition coefficient (Wildman–Crippen LogP) is 9.69. The first-order chi connectivity index (χ1) is 31.7. The molecule has 0 atom stereocenters. The summed E-state index contributed by atoms with van der Waals surface area (Å²) in [6.07, 6.45) is 9.49. The molecule has 0 aliphatic heterocycles. The molecule has 6 N–H and O–H groups in total. The highest BCUT2D eigenvalue weighted by Gasteiger charge is 2.50. The monoisotopic (exact) mass is 934 g/mol. The van der Waals surface area contributed by atoms with Crippen molar-refractivity contribution in [3.8, 4) is 44.8 Å². The number of aliphatic hydroxyl groups is 2. The van der Waals surface area contributed by atoms with Crippen LogP contribution in [0.3, 0.4) is 0 Å². The number of benzene rings is 4. The van der Waals surface area contributed by atoms with Crippen LogP contribution in [-0.4, -0.2) is 60.6 Å². The molecule has 6 heterocycles. The fourth-order valence-corrected chi connectivity index (χ4v) is 10.6. The number of hydrogen-bond acceptors (Lipinski definition) is 10. The van der Waals surface area contributed by atoms with Crippen LogP contribution in [-0.2, 0) is 11.1 Å². The van der Waals surface area contributed by atoms with Gasteiger partial charge in [0.15, 0.2) is 22.6 Å². The summed E-state index contributed by atoms with van der Waals surface area (Å²) in [6.45, 7) is 5.67. The molecule has 13 heteroatoms. The van der Waals surface area contributed by atoms with E-state index in [0.29, 0.717) is 25.7 Å². The van der Waals surface area contributed by atoms with Crippen LogP contribution in [0.2, 0.25) is 0 Å². The van der Waals surface area contributed by atoms with Gasteiger partial charge in [-0.15, -0.1) is 0 Å². The predicted molar refractivity (Wildman–Crippen MR) is 262 cm³/mol. The lowest BCUT2D eigenvalue weighted by molar-refractivity contribution is -0.0744. The van der Waals surface area contributed by atoms with Gasteiger partial charge in [0.2, 0.25) is 0 Å². The van der Waals surface area contributed by atoms with Gasteiger partial charge in [-0.25, -0.2) is 19.9 Å². The maximum atomic E-state index is 10.2. The highest BCUT2D eigenvalue weighted by molar-refractivity contribution is 9.10. The first-order valence-electron chi connectivity index (χ1n) is 22.0. The summed E-state index contributed by atoms with van der Waals surface area (Å²) >= 11 is 3.51. The van der Waals surface area contributed by atoms with Crippen LogP contribution in [0.15, 0.2) is 151 Å². The van der Waals surface area contributed by atoms with Crippen LogP contribution in [0.4, 0.5) is 0 Å². The Balaban J connectivity index is 0.000000146. The van der Waals surface area contributed by atoms with Gasteiger partial charge >= 0.3 is 0 Å². The van der Waals surface area contributed by atoms with Gasteiger partial charge in [0.25, 0.3) is 0 Å². The maximum Gasteiger partial charge on any atom is 0.171 e. The molecule has 0 spiro atoms. The molecule has 0 saturated heterocycles. The Morgan fingerprint density at radius 2 is 0.924 bits per heavy atom. The lowest BCUT2D eigenvalue weighted by Crippen LogP contribution is -2.58. The Bertz CT molecular complexity index is 3230. The zero-order chi connectivity index (χ0) is 45.6. The molecule has 0 bridgehead atoms. The van der Waals surface area contributed by atoms with Crippen molar-refractivity contribution in [3.05, 3.63) is 167 Å². The second-order valence-corrected chi connectivity index (χ2v) is 19.7. The summed E-state index contributed by atoms with van der Waals surface area (Å²) in [6, 6.07) is 41.3. The largest absolute Gasteiger partial charge is 0.390 e. The maximum absolute atomic E-state index is 10.2. The van der Waals surface area contributed by atoms with Crippen molar-refractivity contribution >= 4 is 49.3 Å². The minimum atomic E-state index is -0.689. The van der Waals surface area contributed by atoms with Crippen LogP contribution in [0.25, 0.3) is 78.1 Å². The molecule has 2 aliphatic rings. The number of nitrogens with zero attached hydrogens (tertiary/aromatic N) is 8. The first-order valence-corrected chi connectivity index (χ1v) is 22.8. The molecule has 66 heavy (non-hydrogen) atoms. The van der Waals surface area contributed by atoms with Crippen molar-refractivity contribution in [1.29, 1.82) is 0 Å². The number of nitrogens with two attached hydrogens (primary N) is 2. The van der Waals surface area contributed by atoms with E-state index in [1.807, 2.05) is 80.3 Å². The zero-order valence-electron chi connectivity index (χ0n) is 36.7. The van der Waals surface area contributed by atoms with E-state index in [0.717, 1.165) is 99.3 Å². The Morgan fingerprint density at radius 1 is 0.515 bits per heavy atom. The minimum absolute atomic E-state index is 0.481. The standard InChI is InChI=1S/C27H25N5O.C26H22BrN5O/c1-17-13-30-32-24(17)29-14-20-12-22(18-6-4-3-5-7-18)23(31-25(20)32)19-8-10-21(11-9-19)27(28)15-26(2,33)16-27;1-25(33)14-26(28,15-25)19-9-7-17(8-10-19)22-20(16-5-3-2-4-6-16)11-18-12-29-24-21(27)13-30-32(24)23(18)31-22/h3-14,33H,15-16,28H2,1-2H3;2-13,33H,14-15,28H2,1H3. The summed E-state index contributed by atoms with van der Waals surface area (Å²) < 4.78 is 4.40. The minimum Gasteiger partial charge on any atom is -0.390 e. The molecular weight excluding hydrogens is 889 g/mol. The molecule has 0 radical (unpaired) electrons. The van der Waals surface area contributed by atoms with E-state index >= 15 is 0 Å². The van der Waals surface area contributed by atoms with E-state index in [2.05, 4.69) is 121 Å². The summed E-state index contributed by atoms with van der Waals surface area (Å²) in [5.41, 5.74) is 24.9. The van der Waals surface area contributed by atoms with Crippen LogP contribution in [0, 0.1) is 6.92 Å². The third-order valence-corrected chi connectivity index (χ3v) is 13.7. The van der Waals surface area contributed by atoms with Gasteiger partial charge in [-0.3, -0.25) is 0 Å². The molecule has 2 aliphatic carbocycles. The van der Waals surface area contributed by atoms with Gasteiger partial charge in [-0.05, 0) is 96.8 Å². The molecule has 328 valence electrons. The van der Waals surface area contributed by atoms with E-state index in [1.54, 1.807) is 10.7 Å². The number of halogens is 1. The molecule has 0 amide bonds. The third-order valence-electron chi connectivity index (χ3n) is 13.2. The van der Waals surface area contributed by atoms with Crippen LogP contribution < -0.4 is 11.5 Å². The number of fused-ring (bicyclic) bond motifs is 6. The number of aryl methyl sites for hydroxylation is 1. The molecule has 2 saturated carbocycles. The first kappa shape index (κ1) is 41.9. The number of pyridine rings is 2. The Morgan fingerprint density at radius 3 is 1.36 bits per heavy atom. The van der Waals surface area contributed by atoms with Gasteiger partial charge in [-0.2, -0.15) is 19.2 Å². The molecular formula is C53H47BrN10O2. The highest BCUT2D eigenvalue weighted by atomic mass is 79.9. The molecule has 10 aromatic rings. The van der Waals surface area contributed by atoms with Crippen molar-refractivity contribution in [2.45, 2.75) is 68.7 Å². The molecule has 0 unspecified atom stereocenters. The van der Waals surface area contributed by atoms with E-state index in [4.69, 9.17) is 21.4 Å². The number of aromatic nitrogens is 8. The fourth-order valence-electron chi connectivity index (χ4n) is 10.2. The van der Waals surface area contributed by atoms with Crippen LogP contribution >= 0.6 is 15.9 Å². The molecule has 12 rings (SSSR count). The Hall–Kier alpha value is -6.74. The summed E-state index contributed by atoms with van der Waals surface area (Å²) in [7, 11) is 0. The average Bonchev–Trinajstić information content (AvgIpc) is 3.89. The van der Waals surface area contributed by atoms with E-state index in [-0.39, 0.29) is 0 Å². The summed E-state index contributed by atoms with van der Waals surface area (Å²) in [5.74, 6) is 0. The van der Waals surface area contributed by atoms with Crippen molar-refractivity contribution < 1.29 is 10.2 Å². The average molecular weight is 936 g/mol. The second-order valence-electron chi connectivity index (χ2n) is 18.8. The smallest absolute Gasteiger partial charge is 0.171 e. The second kappa shape index (κ2) is 15.4. The molecule has 12 nitrogen and oxygen atoms in total. The molecule has 6 aromatic heterocycles. The molecule has 4 aromatic carbocycles. The van der Waals surface area contributed by atoms with Gasteiger partial charge in [-0.1, -0.05) is 109 Å². The fraction of sp³-hybridized carbons (Fsp3) is 0.208. The van der Waals surface area contributed by atoms with Gasteiger partial charge in [0, 0.05) is 62.1 Å². The quantitative estimate of drug-likeness (QED) is 0.125. The number of rotatable bonds is 6. The normalized spacial score (nSPS) is 22.5. The highest BCUT2D eigenvalue weighted by Crippen LogP contribution is 2.48. The van der Waals surface area contributed by atoms with Gasteiger partial charge in [0.05, 0.1) is 39.5 Å². The summed E-state index contributed by atoms with van der Waals surface area (Å²) in [4.78, 5) is 19.3. The number of hydrogen-bond donors (Lipinski definition) is 4. The lowest BCUT2D eigenvalue weighted by Gasteiger charge is -2.49.